The molecule has 1 amide bonds. The van der Waals surface area contributed by atoms with Gasteiger partial charge in [-0.25, -0.2) is 8.78 Å². The average molecular weight is 371 g/mol. The van der Waals surface area contributed by atoms with Crippen molar-refractivity contribution >= 4 is 22.4 Å². The van der Waals surface area contributed by atoms with Gasteiger partial charge in [0.15, 0.2) is 0 Å². The highest BCUT2D eigenvalue weighted by Gasteiger charge is 2.27. The Morgan fingerprint density at radius 1 is 1.12 bits per heavy atom. The second-order valence-corrected chi connectivity index (χ2v) is 7.34. The van der Waals surface area contributed by atoms with Crippen LogP contribution in [0.1, 0.15) is 39.7 Å². The van der Waals surface area contributed by atoms with Gasteiger partial charge in [0.2, 0.25) is 5.13 Å². The standard InChI is InChI=1S/C19H15F2N3OS/c1-10-8-13(20)5-7-14(10)15-6-4-12(9-16(15)21)17(25)22-19-24-23-18(26-19)11-2-3-11/h4-9,11H,2-3H2,1H3,(H,22,24,25). The molecular weight excluding hydrogens is 356 g/mol. The van der Waals surface area contributed by atoms with Crippen molar-refractivity contribution in [2.24, 2.45) is 0 Å². The Hall–Kier alpha value is -2.67. The normalized spacial score (nSPS) is 13.7. The Morgan fingerprint density at radius 3 is 2.58 bits per heavy atom. The van der Waals surface area contributed by atoms with Crippen molar-refractivity contribution in [1.82, 2.24) is 10.2 Å². The summed E-state index contributed by atoms with van der Waals surface area (Å²) in [7, 11) is 0. The number of hydrogen-bond acceptors (Lipinski definition) is 4. The zero-order valence-electron chi connectivity index (χ0n) is 13.9. The molecule has 3 aromatic rings. The Balaban J connectivity index is 1.55. The fraction of sp³-hybridized carbons (Fsp3) is 0.211. The number of benzene rings is 2. The van der Waals surface area contributed by atoms with Crippen LogP contribution in [-0.4, -0.2) is 16.1 Å². The number of amides is 1. The molecule has 4 nitrogen and oxygen atoms in total. The number of carbonyl (C=O) groups is 1. The first-order valence-electron chi connectivity index (χ1n) is 8.22. The number of halogens is 2. The smallest absolute Gasteiger partial charge is 0.257 e. The van der Waals surface area contributed by atoms with Crippen LogP contribution < -0.4 is 5.32 Å². The third kappa shape index (κ3) is 3.35. The largest absolute Gasteiger partial charge is 0.296 e. The summed E-state index contributed by atoms with van der Waals surface area (Å²) in [6.45, 7) is 1.71. The van der Waals surface area contributed by atoms with Gasteiger partial charge in [-0.1, -0.05) is 23.5 Å². The average Bonchev–Trinajstić information content (AvgIpc) is 3.35. The summed E-state index contributed by atoms with van der Waals surface area (Å²) in [5, 5.41) is 12.0. The van der Waals surface area contributed by atoms with Gasteiger partial charge in [-0.05, 0) is 55.2 Å². The first-order chi connectivity index (χ1) is 12.5. The molecule has 26 heavy (non-hydrogen) atoms. The highest BCUT2D eigenvalue weighted by atomic mass is 32.1. The number of aryl methyl sites for hydroxylation is 1. The van der Waals surface area contributed by atoms with Crippen molar-refractivity contribution < 1.29 is 13.6 Å². The second kappa shape index (κ2) is 6.57. The number of anilines is 1. The van der Waals surface area contributed by atoms with Gasteiger partial charge in [0.05, 0.1) is 0 Å². The molecule has 2 aromatic carbocycles. The van der Waals surface area contributed by atoms with Crippen LogP contribution in [0.25, 0.3) is 11.1 Å². The van der Waals surface area contributed by atoms with Crippen molar-refractivity contribution in [1.29, 1.82) is 0 Å². The van der Waals surface area contributed by atoms with E-state index in [-0.39, 0.29) is 11.4 Å². The fourth-order valence-corrected chi connectivity index (χ4v) is 3.66. The summed E-state index contributed by atoms with van der Waals surface area (Å²) in [5.74, 6) is -0.882. The van der Waals surface area contributed by atoms with Crippen molar-refractivity contribution in [2.75, 3.05) is 5.32 Å². The predicted octanol–water partition coefficient (Wildman–Crippen LogP) is 4.92. The molecule has 0 atom stereocenters. The van der Waals surface area contributed by atoms with Crippen LogP contribution >= 0.6 is 11.3 Å². The molecule has 1 aromatic heterocycles. The molecule has 1 saturated carbocycles. The molecule has 1 aliphatic rings. The number of nitrogens with one attached hydrogen (secondary N) is 1. The fourth-order valence-electron chi connectivity index (χ4n) is 2.75. The quantitative estimate of drug-likeness (QED) is 0.708. The first kappa shape index (κ1) is 16.8. The van der Waals surface area contributed by atoms with Gasteiger partial charge in [0.1, 0.15) is 16.6 Å². The SMILES string of the molecule is Cc1cc(F)ccc1-c1ccc(C(=O)Nc2nnc(C3CC3)s2)cc1F. The number of carbonyl (C=O) groups excluding carboxylic acids is 1. The van der Waals surface area contributed by atoms with E-state index in [9.17, 15) is 13.6 Å². The molecule has 1 heterocycles. The first-order valence-corrected chi connectivity index (χ1v) is 9.04. The van der Waals surface area contributed by atoms with Gasteiger partial charge < -0.3 is 0 Å². The van der Waals surface area contributed by atoms with E-state index in [0.717, 1.165) is 17.8 Å². The number of rotatable bonds is 4. The predicted molar refractivity (Wildman–Crippen MR) is 96.4 cm³/mol. The molecule has 0 saturated heterocycles. The van der Waals surface area contributed by atoms with Gasteiger partial charge in [0.25, 0.3) is 5.91 Å². The summed E-state index contributed by atoms with van der Waals surface area (Å²) in [4.78, 5) is 12.3. The van der Waals surface area contributed by atoms with E-state index in [1.807, 2.05) is 0 Å². The van der Waals surface area contributed by atoms with E-state index >= 15 is 0 Å². The molecule has 4 rings (SSSR count). The molecule has 0 unspecified atom stereocenters. The monoisotopic (exact) mass is 371 g/mol. The molecular formula is C19H15F2N3OS. The Bertz CT molecular complexity index is 998. The Kier molecular flexibility index (Phi) is 4.24. The van der Waals surface area contributed by atoms with E-state index in [4.69, 9.17) is 0 Å². The number of aromatic nitrogens is 2. The lowest BCUT2D eigenvalue weighted by atomic mass is 9.98. The number of nitrogens with zero attached hydrogens (tertiary/aromatic N) is 2. The molecule has 1 aliphatic carbocycles. The van der Waals surface area contributed by atoms with E-state index in [0.29, 0.717) is 27.7 Å². The molecule has 132 valence electrons. The van der Waals surface area contributed by atoms with Crippen molar-refractivity contribution in [3.05, 3.63) is 64.2 Å². The maximum absolute atomic E-state index is 14.5. The summed E-state index contributed by atoms with van der Waals surface area (Å²) in [6, 6.07) is 8.41. The molecule has 0 aliphatic heterocycles. The van der Waals surface area contributed by atoms with E-state index in [2.05, 4.69) is 15.5 Å². The molecule has 0 radical (unpaired) electrons. The van der Waals surface area contributed by atoms with Crippen molar-refractivity contribution in [3.63, 3.8) is 0 Å². The molecule has 1 N–H and O–H groups in total. The summed E-state index contributed by atoms with van der Waals surface area (Å²) < 4.78 is 27.8. The highest BCUT2D eigenvalue weighted by molar-refractivity contribution is 7.15. The van der Waals surface area contributed by atoms with Crippen LogP contribution in [0.2, 0.25) is 0 Å². The van der Waals surface area contributed by atoms with Gasteiger partial charge in [-0.15, -0.1) is 10.2 Å². The maximum Gasteiger partial charge on any atom is 0.257 e. The minimum absolute atomic E-state index is 0.189. The van der Waals surface area contributed by atoms with Crippen LogP contribution in [0.15, 0.2) is 36.4 Å². The third-order valence-corrected chi connectivity index (χ3v) is 5.30. The topological polar surface area (TPSA) is 54.9 Å². The van der Waals surface area contributed by atoms with Gasteiger partial charge in [0, 0.05) is 17.0 Å². The van der Waals surface area contributed by atoms with E-state index in [1.165, 1.54) is 41.7 Å². The van der Waals surface area contributed by atoms with Gasteiger partial charge in [-0.3, -0.25) is 10.1 Å². The maximum atomic E-state index is 14.5. The zero-order chi connectivity index (χ0) is 18.3. The zero-order valence-corrected chi connectivity index (χ0v) is 14.7. The minimum atomic E-state index is -0.539. The van der Waals surface area contributed by atoms with Gasteiger partial charge in [-0.2, -0.15) is 0 Å². The summed E-state index contributed by atoms with van der Waals surface area (Å²) in [6.07, 6.45) is 2.22. The lowest BCUT2D eigenvalue weighted by Crippen LogP contribution is -2.12. The molecule has 0 bridgehead atoms. The van der Waals surface area contributed by atoms with Crippen LogP contribution in [-0.2, 0) is 0 Å². The third-order valence-electron chi connectivity index (χ3n) is 4.30. The summed E-state index contributed by atoms with van der Waals surface area (Å²) >= 11 is 1.35. The molecule has 1 fully saturated rings. The lowest BCUT2D eigenvalue weighted by Gasteiger charge is -2.09. The van der Waals surface area contributed by atoms with Crippen LogP contribution in [0.3, 0.4) is 0 Å². The Labute approximate surface area is 152 Å². The lowest BCUT2D eigenvalue weighted by molar-refractivity contribution is 0.102. The second-order valence-electron chi connectivity index (χ2n) is 6.33. The van der Waals surface area contributed by atoms with Crippen LogP contribution in [0, 0.1) is 18.6 Å². The molecule has 0 spiro atoms. The van der Waals surface area contributed by atoms with Crippen molar-refractivity contribution in [3.8, 4) is 11.1 Å². The van der Waals surface area contributed by atoms with Crippen molar-refractivity contribution in [2.45, 2.75) is 25.7 Å². The molecule has 7 heteroatoms. The van der Waals surface area contributed by atoms with Crippen LogP contribution in [0.4, 0.5) is 13.9 Å². The number of hydrogen-bond donors (Lipinski definition) is 1. The van der Waals surface area contributed by atoms with Gasteiger partial charge >= 0.3 is 0 Å². The van der Waals surface area contributed by atoms with E-state index < -0.39 is 11.7 Å². The van der Waals surface area contributed by atoms with E-state index in [1.54, 1.807) is 13.0 Å². The highest BCUT2D eigenvalue weighted by Crippen LogP contribution is 2.42. The Morgan fingerprint density at radius 2 is 1.88 bits per heavy atom. The minimum Gasteiger partial charge on any atom is -0.296 e. The van der Waals surface area contributed by atoms with Crippen LogP contribution in [0.5, 0.6) is 0 Å². The summed E-state index contributed by atoms with van der Waals surface area (Å²) in [5.41, 5.74) is 1.73.